The molecule has 0 aromatic carbocycles. The molecule has 2 N–H and O–H groups in total. The van der Waals surface area contributed by atoms with Crippen molar-refractivity contribution in [1.29, 1.82) is 0 Å². The molecule has 2 heterocycles. The fraction of sp³-hybridized carbons (Fsp3) is 0.941. The van der Waals surface area contributed by atoms with Crippen LogP contribution in [0.5, 0.6) is 0 Å². The lowest BCUT2D eigenvalue weighted by Crippen LogP contribution is -2.61. The van der Waals surface area contributed by atoms with E-state index in [4.69, 9.17) is 5.73 Å². The summed E-state index contributed by atoms with van der Waals surface area (Å²) < 4.78 is 0. The van der Waals surface area contributed by atoms with Gasteiger partial charge < -0.3 is 10.6 Å². The Morgan fingerprint density at radius 3 is 2.71 bits per heavy atom. The van der Waals surface area contributed by atoms with Crippen LogP contribution >= 0.6 is 0 Å². The van der Waals surface area contributed by atoms with Crippen LogP contribution < -0.4 is 5.73 Å². The monoisotopic (exact) mass is 293 g/mol. The van der Waals surface area contributed by atoms with Gasteiger partial charge >= 0.3 is 0 Å². The van der Waals surface area contributed by atoms with E-state index < -0.39 is 0 Å². The van der Waals surface area contributed by atoms with E-state index in [1.807, 2.05) is 0 Å². The molecule has 0 radical (unpaired) electrons. The smallest absolute Gasteiger partial charge is 0.226 e. The van der Waals surface area contributed by atoms with Gasteiger partial charge in [0, 0.05) is 37.1 Å². The topological polar surface area (TPSA) is 49.6 Å². The van der Waals surface area contributed by atoms with E-state index in [-0.39, 0.29) is 12.0 Å². The van der Waals surface area contributed by atoms with Gasteiger partial charge in [-0.25, -0.2) is 0 Å². The van der Waals surface area contributed by atoms with Crippen LogP contribution in [0.3, 0.4) is 0 Å². The molecule has 1 amide bonds. The van der Waals surface area contributed by atoms with Crippen molar-refractivity contribution in [3.05, 3.63) is 0 Å². The highest BCUT2D eigenvalue weighted by molar-refractivity contribution is 5.80. The van der Waals surface area contributed by atoms with Crippen molar-refractivity contribution in [3.8, 4) is 0 Å². The van der Waals surface area contributed by atoms with Crippen LogP contribution in [0.25, 0.3) is 0 Å². The van der Waals surface area contributed by atoms with E-state index in [9.17, 15) is 4.79 Å². The summed E-state index contributed by atoms with van der Waals surface area (Å²) in [6.45, 7) is 7.68. The minimum atomic E-state index is 0.159. The Hall–Kier alpha value is -0.610. The first kappa shape index (κ1) is 15.3. The highest BCUT2D eigenvalue weighted by Crippen LogP contribution is 2.33. The summed E-state index contributed by atoms with van der Waals surface area (Å²) in [7, 11) is 0. The molecule has 2 saturated heterocycles. The van der Waals surface area contributed by atoms with Crippen molar-refractivity contribution in [2.24, 2.45) is 17.6 Å². The second-order valence-electron chi connectivity index (χ2n) is 7.64. The minimum Gasteiger partial charge on any atom is -0.337 e. The van der Waals surface area contributed by atoms with Crippen LogP contribution in [-0.2, 0) is 4.79 Å². The molecule has 120 valence electrons. The first-order chi connectivity index (χ1) is 10.1. The molecule has 0 bridgehead atoms. The zero-order valence-electron chi connectivity index (χ0n) is 13.6. The molecular formula is C17H31N3O. The molecule has 5 unspecified atom stereocenters. The maximum atomic E-state index is 13.0. The molecule has 0 aromatic rings. The minimum absolute atomic E-state index is 0.159. The van der Waals surface area contributed by atoms with Gasteiger partial charge in [-0.1, -0.05) is 13.3 Å². The van der Waals surface area contributed by atoms with Crippen molar-refractivity contribution in [3.63, 3.8) is 0 Å². The zero-order valence-corrected chi connectivity index (χ0v) is 13.6. The largest absolute Gasteiger partial charge is 0.337 e. The Kier molecular flexibility index (Phi) is 4.55. The van der Waals surface area contributed by atoms with Gasteiger partial charge in [0.05, 0.1) is 0 Å². The number of nitrogens with two attached hydrogens (primary N) is 1. The second kappa shape index (κ2) is 6.25. The van der Waals surface area contributed by atoms with Gasteiger partial charge in [-0.15, -0.1) is 0 Å². The van der Waals surface area contributed by atoms with Crippen molar-refractivity contribution >= 4 is 5.91 Å². The number of nitrogens with zero attached hydrogens (tertiary/aromatic N) is 2. The van der Waals surface area contributed by atoms with Crippen LogP contribution in [0.2, 0.25) is 0 Å². The lowest BCUT2D eigenvalue weighted by molar-refractivity contribution is -0.145. The number of carbonyl (C=O) groups is 1. The predicted octanol–water partition coefficient (Wildman–Crippen LogP) is 1.84. The average molecular weight is 293 g/mol. The first-order valence-corrected chi connectivity index (χ1v) is 8.86. The third-order valence-corrected chi connectivity index (χ3v) is 6.02. The molecule has 2 aliphatic heterocycles. The van der Waals surface area contributed by atoms with E-state index >= 15 is 0 Å². The van der Waals surface area contributed by atoms with Crippen LogP contribution in [0.4, 0.5) is 0 Å². The molecule has 21 heavy (non-hydrogen) atoms. The van der Waals surface area contributed by atoms with Gasteiger partial charge in [0.1, 0.15) is 0 Å². The molecule has 4 nitrogen and oxygen atoms in total. The van der Waals surface area contributed by atoms with Gasteiger partial charge in [-0.2, -0.15) is 0 Å². The van der Waals surface area contributed by atoms with Gasteiger partial charge in [-0.05, 0) is 51.5 Å². The van der Waals surface area contributed by atoms with Gasteiger partial charge in [-0.3, -0.25) is 9.69 Å². The number of fused-ring (bicyclic) bond motifs is 1. The van der Waals surface area contributed by atoms with Crippen molar-refractivity contribution in [1.82, 2.24) is 9.80 Å². The summed E-state index contributed by atoms with van der Waals surface area (Å²) in [5, 5.41) is 0. The molecule has 3 rings (SSSR count). The van der Waals surface area contributed by atoms with E-state index in [2.05, 4.69) is 23.6 Å². The van der Waals surface area contributed by atoms with Crippen LogP contribution in [0.15, 0.2) is 0 Å². The Balaban J connectivity index is 1.68. The maximum Gasteiger partial charge on any atom is 0.226 e. The van der Waals surface area contributed by atoms with Crippen LogP contribution in [-0.4, -0.2) is 53.5 Å². The molecule has 5 atom stereocenters. The van der Waals surface area contributed by atoms with E-state index in [0.717, 1.165) is 32.4 Å². The number of piperidine rings is 1. The SMILES string of the molecule is CC1CCC(N)CC1C(=O)N1CC2CCCCN2CC1C. The van der Waals surface area contributed by atoms with Crippen molar-refractivity contribution in [2.45, 2.75) is 70.5 Å². The summed E-state index contributed by atoms with van der Waals surface area (Å²) in [4.78, 5) is 17.8. The lowest BCUT2D eigenvalue weighted by Gasteiger charge is -2.49. The summed E-state index contributed by atoms with van der Waals surface area (Å²) in [6, 6.07) is 1.19. The molecule has 1 saturated carbocycles. The molecular weight excluding hydrogens is 262 g/mol. The van der Waals surface area contributed by atoms with Crippen LogP contribution in [0.1, 0.15) is 52.4 Å². The van der Waals surface area contributed by atoms with Crippen molar-refractivity contribution in [2.75, 3.05) is 19.6 Å². The van der Waals surface area contributed by atoms with Gasteiger partial charge in [0.15, 0.2) is 0 Å². The molecule has 4 heteroatoms. The standard InChI is InChI=1S/C17H31N3O/c1-12-6-7-14(18)9-16(12)17(21)20-11-15-5-3-4-8-19(15)10-13(20)2/h12-16H,3-11,18H2,1-2H3. The highest BCUT2D eigenvalue weighted by Gasteiger charge is 2.40. The molecule has 3 aliphatic rings. The Morgan fingerprint density at radius 1 is 1.10 bits per heavy atom. The quantitative estimate of drug-likeness (QED) is 0.802. The predicted molar refractivity (Wildman–Crippen MR) is 84.9 cm³/mol. The number of amides is 1. The lowest BCUT2D eigenvalue weighted by atomic mass is 9.77. The fourth-order valence-electron chi connectivity index (χ4n) is 4.57. The average Bonchev–Trinajstić information content (AvgIpc) is 2.48. The highest BCUT2D eigenvalue weighted by atomic mass is 16.2. The number of carbonyl (C=O) groups excluding carboxylic acids is 1. The normalized spacial score (nSPS) is 41.7. The third kappa shape index (κ3) is 3.11. The number of hydrogen-bond acceptors (Lipinski definition) is 3. The molecule has 3 fully saturated rings. The number of rotatable bonds is 1. The Bertz CT molecular complexity index is 386. The summed E-state index contributed by atoms with van der Waals surface area (Å²) in [5.74, 6) is 1.04. The molecule has 0 aromatic heterocycles. The van der Waals surface area contributed by atoms with Crippen molar-refractivity contribution < 1.29 is 4.79 Å². The molecule has 0 spiro atoms. The summed E-state index contributed by atoms with van der Waals surface area (Å²) >= 11 is 0. The van der Waals surface area contributed by atoms with Crippen LogP contribution in [0, 0.1) is 11.8 Å². The number of hydrogen-bond donors (Lipinski definition) is 1. The van der Waals surface area contributed by atoms with E-state index in [1.165, 1.54) is 25.8 Å². The summed E-state index contributed by atoms with van der Waals surface area (Å²) in [5.41, 5.74) is 6.12. The zero-order chi connectivity index (χ0) is 15.0. The third-order valence-electron chi connectivity index (χ3n) is 6.02. The summed E-state index contributed by atoms with van der Waals surface area (Å²) in [6.07, 6.45) is 6.98. The fourth-order valence-corrected chi connectivity index (χ4v) is 4.57. The van der Waals surface area contributed by atoms with Gasteiger partial charge in [0.2, 0.25) is 5.91 Å². The Labute approximate surface area is 129 Å². The first-order valence-electron chi connectivity index (χ1n) is 8.86. The number of piperazine rings is 1. The molecule has 1 aliphatic carbocycles. The maximum absolute atomic E-state index is 13.0. The van der Waals surface area contributed by atoms with E-state index in [1.54, 1.807) is 0 Å². The van der Waals surface area contributed by atoms with E-state index in [0.29, 0.717) is 23.9 Å². The van der Waals surface area contributed by atoms with Gasteiger partial charge in [0.25, 0.3) is 0 Å². The second-order valence-corrected chi connectivity index (χ2v) is 7.64. The Morgan fingerprint density at radius 2 is 1.90 bits per heavy atom.